The summed E-state index contributed by atoms with van der Waals surface area (Å²) in [7, 11) is 0. The lowest BCUT2D eigenvalue weighted by atomic mass is 9.57. The monoisotopic (exact) mass is 566 g/mol. The minimum atomic E-state index is -0.676. The predicted octanol–water partition coefficient (Wildman–Crippen LogP) is 6.29. The fraction of sp³-hybridized carbons (Fsp3) is 0.393. The number of carbonyl (C=O) groups excluding carboxylic acids is 1. The molecular formula is C28H27IN2O3. The number of carboxylic acid groups (broad SMARTS) is 1. The van der Waals surface area contributed by atoms with E-state index in [1.165, 1.54) is 0 Å². The lowest BCUT2D eigenvalue weighted by molar-refractivity contribution is -0.156. The van der Waals surface area contributed by atoms with Gasteiger partial charge in [-0.05, 0) is 104 Å². The van der Waals surface area contributed by atoms with Crippen molar-refractivity contribution in [1.29, 1.82) is 0 Å². The zero-order valence-corrected chi connectivity index (χ0v) is 21.1. The van der Waals surface area contributed by atoms with Crippen molar-refractivity contribution in [2.45, 2.75) is 62.8 Å². The van der Waals surface area contributed by atoms with Gasteiger partial charge in [-0.25, -0.2) is 4.98 Å². The van der Waals surface area contributed by atoms with E-state index in [2.05, 4.69) is 46.1 Å². The molecule has 34 heavy (non-hydrogen) atoms. The van der Waals surface area contributed by atoms with Crippen molar-refractivity contribution < 1.29 is 14.7 Å². The number of amides is 1. The van der Waals surface area contributed by atoms with Crippen LogP contribution in [0.3, 0.4) is 0 Å². The third-order valence-electron chi connectivity index (χ3n) is 8.32. The van der Waals surface area contributed by atoms with Crippen molar-refractivity contribution >= 4 is 45.4 Å². The molecule has 6 heteroatoms. The SMILES string of the molecule is O=C(NC12CCC(C(=O)O)(CC1)CC2)c1c(C2CC2)c(-c2ccccc2)nc2ccc(I)cc12. The van der Waals surface area contributed by atoms with Crippen molar-refractivity contribution in [3.05, 3.63) is 63.2 Å². The van der Waals surface area contributed by atoms with Gasteiger partial charge in [-0.3, -0.25) is 9.59 Å². The molecule has 5 nitrogen and oxygen atoms in total. The summed E-state index contributed by atoms with van der Waals surface area (Å²) in [6, 6.07) is 16.3. The number of pyridine rings is 1. The van der Waals surface area contributed by atoms with E-state index in [0.717, 1.165) is 69.0 Å². The molecule has 1 aromatic heterocycles. The van der Waals surface area contributed by atoms with Gasteiger partial charge in [0, 0.05) is 20.1 Å². The maximum Gasteiger partial charge on any atom is 0.309 e. The Kier molecular flexibility index (Phi) is 5.20. The van der Waals surface area contributed by atoms with E-state index in [1.54, 1.807) is 0 Å². The molecule has 0 atom stereocenters. The van der Waals surface area contributed by atoms with Crippen molar-refractivity contribution in [2.75, 3.05) is 0 Å². The van der Waals surface area contributed by atoms with Crippen LogP contribution in [0.4, 0.5) is 0 Å². The number of benzene rings is 2. The Balaban J connectivity index is 1.46. The number of aliphatic carboxylic acids is 1. The maximum absolute atomic E-state index is 14.1. The fourth-order valence-corrected chi connectivity index (χ4v) is 6.57. The first-order valence-electron chi connectivity index (χ1n) is 12.1. The first kappa shape index (κ1) is 22.0. The van der Waals surface area contributed by atoms with Crippen LogP contribution in [0.25, 0.3) is 22.2 Å². The average Bonchev–Trinajstić information content (AvgIpc) is 3.69. The highest BCUT2D eigenvalue weighted by Gasteiger charge is 2.53. The highest BCUT2D eigenvalue weighted by atomic mass is 127. The van der Waals surface area contributed by atoms with Gasteiger partial charge in [-0.15, -0.1) is 0 Å². The minimum absolute atomic E-state index is 0.0294. The summed E-state index contributed by atoms with van der Waals surface area (Å²) < 4.78 is 1.08. The molecule has 2 N–H and O–H groups in total. The summed E-state index contributed by atoms with van der Waals surface area (Å²) in [5.41, 5.74) is 3.73. The number of rotatable bonds is 5. The summed E-state index contributed by atoms with van der Waals surface area (Å²) in [5, 5.41) is 14.1. The molecule has 0 spiro atoms. The minimum Gasteiger partial charge on any atom is -0.481 e. The molecule has 4 fully saturated rings. The lowest BCUT2D eigenvalue weighted by Gasteiger charge is -2.51. The Hall–Kier alpha value is -2.48. The van der Waals surface area contributed by atoms with Crippen LogP contribution in [0.1, 0.15) is 73.2 Å². The average molecular weight is 566 g/mol. The third kappa shape index (κ3) is 3.61. The van der Waals surface area contributed by atoms with Gasteiger partial charge in [0.2, 0.25) is 0 Å². The summed E-state index contributed by atoms with van der Waals surface area (Å²) in [5.74, 6) is -0.357. The third-order valence-corrected chi connectivity index (χ3v) is 8.99. The van der Waals surface area contributed by atoms with E-state index in [-0.39, 0.29) is 11.4 Å². The van der Waals surface area contributed by atoms with Crippen molar-refractivity contribution in [2.24, 2.45) is 5.41 Å². The molecule has 4 aliphatic carbocycles. The van der Waals surface area contributed by atoms with E-state index in [0.29, 0.717) is 25.2 Å². The molecule has 0 aliphatic heterocycles. The number of nitrogens with zero attached hydrogens (tertiary/aromatic N) is 1. The van der Waals surface area contributed by atoms with Crippen LogP contribution in [0.2, 0.25) is 0 Å². The molecular weight excluding hydrogens is 539 g/mol. The van der Waals surface area contributed by atoms with Gasteiger partial charge in [-0.2, -0.15) is 0 Å². The molecule has 174 valence electrons. The van der Waals surface area contributed by atoms with Gasteiger partial charge in [0.15, 0.2) is 0 Å². The molecule has 2 aromatic carbocycles. The van der Waals surface area contributed by atoms with Crippen molar-refractivity contribution in [3.8, 4) is 11.3 Å². The maximum atomic E-state index is 14.1. The molecule has 7 rings (SSSR count). The predicted molar refractivity (Wildman–Crippen MR) is 140 cm³/mol. The Bertz CT molecular complexity index is 1290. The van der Waals surface area contributed by atoms with E-state index < -0.39 is 11.4 Å². The quantitative estimate of drug-likeness (QED) is 0.356. The zero-order chi connectivity index (χ0) is 23.5. The summed E-state index contributed by atoms with van der Waals surface area (Å²) >= 11 is 2.30. The first-order valence-corrected chi connectivity index (χ1v) is 13.2. The van der Waals surface area contributed by atoms with Gasteiger partial charge in [0.25, 0.3) is 5.91 Å². The number of hydrogen-bond donors (Lipinski definition) is 2. The van der Waals surface area contributed by atoms with Crippen LogP contribution in [0.15, 0.2) is 48.5 Å². The van der Waals surface area contributed by atoms with Crippen LogP contribution in [-0.2, 0) is 4.79 Å². The summed E-state index contributed by atoms with van der Waals surface area (Å²) in [6.07, 6.45) is 6.27. The topological polar surface area (TPSA) is 79.3 Å². The van der Waals surface area contributed by atoms with Crippen LogP contribution >= 0.6 is 22.6 Å². The smallest absolute Gasteiger partial charge is 0.309 e. The highest BCUT2D eigenvalue weighted by Crippen LogP contribution is 2.53. The van der Waals surface area contributed by atoms with E-state index >= 15 is 0 Å². The van der Waals surface area contributed by atoms with Gasteiger partial charge in [0.1, 0.15) is 0 Å². The number of nitrogens with one attached hydrogen (secondary N) is 1. The highest BCUT2D eigenvalue weighted by molar-refractivity contribution is 14.1. The number of carboxylic acids is 1. The van der Waals surface area contributed by atoms with Crippen LogP contribution in [0.5, 0.6) is 0 Å². The van der Waals surface area contributed by atoms with E-state index in [4.69, 9.17) is 4.98 Å². The largest absolute Gasteiger partial charge is 0.481 e. The zero-order valence-electron chi connectivity index (χ0n) is 18.9. The summed E-state index contributed by atoms with van der Waals surface area (Å²) in [6.45, 7) is 0. The number of carbonyl (C=O) groups is 2. The molecule has 0 unspecified atom stereocenters. The van der Waals surface area contributed by atoms with E-state index in [1.807, 2.05) is 30.3 Å². The van der Waals surface area contributed by atoms with Gasteiger partial charge < -0.3 is 10.4 Å². The normalized spacial score (nSPS) is 25.9. The van der Waals surface area contributed by atoms with Gasteiger partial charge >= 0.3 is 5.97 Å². The van der Waals surface area contributed by atoms with Crippen molar-refractivity contribution in [3.63, 3.8) is 0 Å². The Morgan fingerprint density at radius 2 is 1.65 bits per heavy atom. The number of hydrogen-bond acceptors (Lipinski definition) is 3. The molecule has 3 aromatic rings. The standard InChI is InChI=1S/C28H27IN2O3/c29-19-8-9-21-20(16-19)23(22(17-6-7-17)24(30-21)18-4-2-1-3-5-18)25(32)31-28-13-10-27(11-14-28,12-15-28)26(33)34/h1-5,8-9,16-17H,6-7,10-15H2,(H,31,32)(H,33,34). The number of aromatic nitrogens is 1. The molecule has 4 aliphatic rings. The van der Waals surface area contributed by atoms with Crippen LogP contribution in [-0.4, -0.2) is 27.5 Å². The summed E-state index contributed by atoms with van der Waals surface area (Å²) in [4.78, 5) is 31.0. The molecule has 0 radical (unpaired) electrons. The van der Waals surface area contributed by atoms with Crippen LogP contribution < -0.4 is 5.32 Å². The number of halogens is 1. The Morgan fingerprint density at radius 1 is 0.971 bits per heavy atom. The molecule has 4 saturated carbocycles. The van der Waals surface area contributed by atoms with Crippen molar-refractivity contribution in [1.82, 2.24) is 10.3 Å². The molecule has 0 saturated heterocycles. The Labute approximate surface area is 212 Å². The first-order chi connectivity index (χ1) is 16.4. The second-order valence-electron chi connectivity index (χ2n) is 10.4. The van der Waals surface area contributed by atoms with E-state index in [9.17, 15) is 14.7 Å². The second-order valence-corrected chi connectivity index (χ2v) is 11.6. The molecule has 1 amide bonds. The fourth-order valence-electron chi connectivity index (χ4n) is 6.08. The van der Waals surface area contributed by atoms with Gasteiger partial charge in [-0.1, -0.05) is 30.3 Å². The molecule has 2 bridgehead atoms. The second kappa shape index (κ2) is 8.04. The van der Waals surface area contributed by atoms with Crippen LogP contribution in [0, 0.1) is 8.99 Å². The number of fused-ring (bicyclic) bond motifs is 4. The molecule has 1 heterocycles. The lowest BCUT2D eigenvalue weighted by Crippen LogP contribution is -2.58. The Morgan fingerprint density at radius 3 is 2.26 bits per heavy atom. The van der Waals surface area contributed by atoms with Gasteiger partial charge in [0.05, 0.1) is 22.2 Å².